The number of ether oxygens (including phenoxy) is 4. The van der Waals surface area contributed by atoms with Crippen LogP contribution in [-0.4, -0.2) is 96.7 Å². The molecule has 0 aromatic rings. The van der Waals surface area contributed by atoms with Crippen molar-refractivity contribution in [3.8, 4) is 0 Å². The molecule has 0 aromatic carbocycles. The third-order valence-electron chi connectivity index (χ3n) is 17.9. The molecule has 0 rings (SSSR count). The van der Waals surface area contributed by atoms with E-state index in [1.54, 1.807) is 0 Å². The highest BCUT2D eigenvalue weighted by atomic mass is 31.2. The fourth-order valence-corrected chi connectivity index (χ4v) is 13.4. The van der Waals surface area contributed by atoms with E-state index in [9.17, 15) is 43.2 Å². The molecule has 17 nitrogen and oxygen atoms in total. The average Bonchev–Trinajstić information content (AvgIpc) is 1.18. The molecule has 0 radical (unpaired) electrons. The normalized spacial score (nSPS) is 14.1. The number of esters is 4. The molecule has 0 heterocycles. The topological polar surface area (TPSA) is 237 Å². The van der Waals surface area contributed by atoms with Crippen LogP contribution in [-0.2, 0) is 65.4 Å². The Morgan fingerprint density at radius 2 is 0.479 bits per heavy atom. The molecule has 0 saturated carbocycles. The molecule has 0 aliphatic heterocycles. The maximum absolute atomic E-state index is 13.1. The summed E-state index contributed by atoms with van der Waals surface area (Å²) in [5, 5.41) is 10.6. The van der Waals surface area contributed by atoms with Crippen LogP contribution in [0.1, 0.15) is 395 Å². The van der Waals surface area contributed by atoms with Crippen LogP contribution in [0.3, 0.4) is 0 Å². The average molecular weight is 1410 g/mol. The van der Waals surface area contributed by atoms with Gasteiger partial charge in [-0.15, -0.1) is 0 Å². The summed E-state index contributed by atoms with van der Waals surface area (Å²) in [5.41, 5.74) is 0. The molecule has 0 spiro atoms. The first-order chi connectivity index (χ1) is 46.2. The summed E-state index contributed by atoms with van der Waals surface area (Å²) in [6.45, 7) is 11.8. The lowest BCUT2D eigenvalue weighted by Gasteiger charge is -2.21. The van der Waals surface area contributed by atoms with Crippen LogP contribution in [0.5, 0.6) is 0 Å². The van der Waals surface area contributed by atoms with Crippen LogP contribution in [0.4, 0.5) is 0 Å². The minimum absolute atomic E-state index is 0.105. The molecule has 570 valence electrons. The van der Waals surface area contributed by atoms with Crippen LogP contribution in [0, 0.1) is 17.8 Å². The molecule has 96 heavy (non-hydrogen) atoms. The van der Waals surface area contributed by atoms with E-state index in [4.69, 9.17) is 37.0 Å². The molecule has 0 aliphatic rings. The van der Waals surface area contributed by atoms with Gasteiger partial charge in [0.25, 0.3) is 0 Å². The van der Waals surface area contributed by atoms with Gasteiger partial charge in [-0.1, -0.05) is 344 Å². The summed E-state index contributed by atoms with van der Waals surface area (Å²) >= 11 is 0. The number of unbranched alkanes of at least 4 members (excludes halogenated alkanes) is 43. The smallest absolute Gasteiger partial charge is 0.462 e. The van der Waals surface area contributed by atoms with E-state index in [1.165, 1.54) is 199 Å². The molecular formula is C77H150O17P2. The van der Waals surface area contributed by atoms with Crippen LogP contribution >= 0.6 is 15.6 Å². The second-order valence-corrected chi connectivity index (χ2v) is 32.1. The number of rotatable bonds is 75. The minimum Gasteiger partial charge on any atom is -0.462 e. The summed E-state index contributed by atoms with van der Waals surface area (Å²) in [7, 11) is -9.91. The molecule has 0 aromatic heterocycles. The van der Waals surface area contributed by atoms with Gasteiger partial charge in [0.05, 0.1) is 26.4 Å². The van der Waals surface area contributed by atoms with E-state index in [-0.39, 0.29) is 25.7 Å². The summed E-state index contributed by atoms with van der Waals surface area (Å²) in [6, 6.07) is 0. The van der Waals surface area contributed by atoms with Crippen LogP contribution in [0.2, 0.25) is 0 Å². The number of hydrogen-bond donors (Lipinski definition) is 3. The minimum atomic E-state index is -4.96. The zero-order valence-corrected chi connectivity index (χ0v) is 64.6. The fraction of sp³-hybridized carbons (Fsp3) is 0.948. The molecule has 2 unspecified atom stereocenters. The zero-order valence-electron chi connectivity index (χ0n) is 62.8. The first kappa shape index (κ1) is 94.1. The molecule has 0 fully saturated rings. The third-order valence-corrected chi connectivity index (χ3v) is 19.8. The van der Waals surface area contributed by atoms with Crippen molar-refractivity contribution in [2.45, 2.75) is 414 Å². The lowest BCUT2D eigenvalue weighted by atomic mass is 10.0. The first-order valence-corrected chi connectivity index (χ1v) is 42.8. The van der Waals surface area contributed by atoms with Gasteiger partial charge in [-0.05, 0) is 43.4 Å². The second kappa shape index (κ2) is 67.5. The van der Waals surface area contributed by atoms with Gasteiger partial charge in [-0.2, -0.15) is 0 Å². The summed E-state index contributed by atoms with van der Waals surface area (Å²) in [6.07, 6.45) is 54.3. The molecule has 0 saturated heterocycles. The Morgan fingerprint density at radius 3 is 0.708 bits per heavy atom. The van der Waals surface area contributed by atoms with Crippen LogP contribution in [0.25, 0.3) is 0 Å². The largest absolute Gasteiger partial charge is 0.472 e. The second-order valence-electron chi connectivity index (χ2n) is 29.2. The van der Waals surface area contributed by atoms with Crippen molar-refractivity contribution < 1.29 is 80.2 Å². The Hall–Kier alpha value is -1.94. The summed E-state index contributed by atoms with van der Waals surface area (Å²) < 4.78 is 68.5. The Morgan fingerprint density at radius 1 is 0.281 bits per heavy atom. The molecule has 5 atom stereocenters. The zero-order chi connectivity index (χ0) is 70.9. The quantitative estimate of drug-likeness (QED) is 0.0222. The first-order valence-electron chi connectivity index (χ1n) is 39.8. The number of carbonyl (C=O) groups excluding carboxylic acids is 4. The van der Waals surface area contributed by atoms with Crippen molar-refractivity contribution in [1.29, 1.82) is 0 Å². The Labute approximate surface area is 588 Å². The number of aliphatic hydroxyl groups excluding tert-OH is 1. The Kier molecular flexibility index (Phi) is 66.2. The Balaban J connectivity index is 5.24. The van der Waals surface area contributed by atoms with E-state index >= 15 is 0 Å². The standard InChI is InChI=1S/C77H150O17P2/c1-8-9-10-11-12-13-14-15-16-17-18-19-20-27-32-37-46-53-60-76(81)93-72(64-87-74(79)58-51-44-36-31-26-22-21-24-29-34-41-48-55-68(2)3)66-91-95(83,84)89-62-71(78)63-90-96(85,86)92-67-73(65-88-75(80)59-52-45-40-39-43-50-57-70(6)7)94-77(82)61-54-47-38-33-28-23-25-30-35-42-49-56-69(4)5/h68-73,78H,8-67H2,1-7H3,(H,83,84)(H,85,86)/t71-,72-,73-/m1/s1. The van der Waals surface area contributed by atoms with Crippen molar-refractivity contribution in [3.63, 3.8) is 0 Å². The number of aliphatic hydroxyl groups is 1. The van der Waals surface area contributed by atoms with E-state index in [0.29, 0.717) is 31.6 Å². The summed E-state index contributed by atoms with van der Waals surface area (Å²) in [4.78, 5) is 72.8. The van der Waals surface area contributed by atoms with E-state index < -0.39 is 97.5 Å². The lowest BCUT2D eigenvalue weighted by Crippen LogP contribution is -2.30. The maximum atomic E-state index is 13.1. The lowest BCUT2D eigenvalue weighted by molar-refractivity contribution is -0.161. The molecule has 0 bridgehead atoms. The maximum Gasteiger partial charge on any atom is 0.472 e. The van der Waals surface area contributed by atoms with Gasteiger partial charge in [-0.3, -0.25) is 37.3 Å². The van der Waals surface area contributed by atoms with Crippen molar-refractivity contribution in [2.24, 2.45) is 17.8 Å². The Bertz CT molecular complexity index is 1870. The molecule has 0 amide bonds. The highest BCUT2D eigenvalue weighted by Crippen LogP contribution is 2.45. The van der Waals surface area contributed by atoms with Gasteiger partial charge in [-0.25, -0.2) is 9.13 Å². The van der Waals surface area contributed by atoms with E-state index in [0.717, 1.165) is 108 Å². The predicted molar refractivity (Wildman–Crippen MR) is 391 cm³/mol. The highest BCUT2D eigenvalue weighted by molar-refractivity contribution is 7.47. The monoisotopic (exact) mass is 1410 g/mol. The van der Waals surface area contributed by atoms with Crippen molar-refractivity contribution in [1.82, 2.24) is 0 Å². The van der Waals surface area contributed by atoms with Gasteiger partial charge in [0.15, 0.2) is 12.2 Å². The number of phosphoric acid groups is 2. The van der Waals surface area contributed by atoms with Crippen molar-refractivity contribution >= 4 is 39.5 Å². The molecule has 0 aliphatic carbocycles. The molecular weight excluding hydrogens is 1260 g/mol. The van der Waals surface area contributed by atoms with E-state index in [1.807, 2.05) is 0 Å². The van der Waals surface area contributed by atoms with Gasteiger partial charge in [0, 0.05) is 25.7 Å². The molecule has 3 N–H and O–H groups in total. The number of phosphoric ester groups is 2. The van der Waals surface area contributed by atoms with Crippen LogP contribution < -0.4 is 0 Å². The van der Waals surface area contributed by atoms with Crippen molar-refractivity contribution in [2.75, 3.05) is 39.6 Å². The fourth-order valence-electron chi connectivity index (χ4n) is 11.8. The number of hydrogen-bond acceptors (Lipinski definition) is 15. The predicted octanol–water partition coefficient (Wildman–Crippen LogP) is 22.6. The van der Waals surface area contributed by atoms with Gasteiger partial charge < -0.3 is 33.8 Å². The van der Waals surface area contributed by atoms with Gasteiger partial charge >= 0.3 is 39.5 Å². The summed E-state index contributed by atoms with van der Waals surface area (Å²) in [5.74, 6) is 0.108. The van der Waals surface area contributed by atoms with E-state index in [2.05, 4.69) is 48.5 Å². The van der Waals surface area contributed by atoms with Gasteiger partial charge in [0.1, 0.15) is 19.3 Å². The van der Waals surface area contributed by atoms with Crippen molar-refractivity contribution in [3.05, 3.63) is 0 Å². The van der Waals surface area contributed by atoms with Gasteiger partial charge in [0.2, 0.25) is 0 Å². The third kappa shape index (κ3) is 70.5. The van der Waals surface area contributed by atoms with Crippen LogP contribution in [0.15, 0.2) is 0 Å². The SMILES string of the molecule is CCCCCCCCCCCCCCCCCCCCC(=O)O[C@H](COC(=O)CCCCCCCCCCCCCCC(C)C)COP(=O)(O)OC[C@@H](O)COP(=O)(O)OC[C@@H](COC(=O)CCCCCCCCC(C)C)OC(=O)CCCCCCCCCCCCCC(C)C. The number of carbonyl (C=O) groups is 4. The highest BCUT2D eigenvalue weighted by Gasteiger charge is 2.30. The molecule has 19 heteroatoms.